The minimum Gasteiger partial charge on any atom is -0.496 e. The minimum atomic E-state index is -0.328. The molecule has 0 bridgehead atoms. The molecule has 0 saturated carbocycles. The third-order valence-electron chi connectivity index (χ3n) is 4.23. The quantitative estimate of drug-likeness (QED) is 0.850. The van der Waals surface area contributed by atoms with Crippen molar-refractivity contribution in [1.29, 1.82) is 0 Å². The summed E-state index contributed by atoms with van der Waals surface area (Å²) in [7, 11) is 1.62. The van der Waals surface area contributed by atoms with Gasteiger partial charge in [-0.05, 0) is 18.9 Å². The second-order valence-corrected chi connectivity index (χ2v) is 5.50. The lowest BCUT2D eigenvalue weighted by molar-refractivity contribution is -0.140. The first-order valence-corrected chi connectivity index (χ1v) is 7.44. The number of hydrogen-bond donors (Lipinski definition) is 0. The molecule has 21 heavy (non-hydrogen) atoms. The molecular weight excluding hydrogens is 268 g/mol. The number of carbonyl (C=O) groups excluding carboxylic acids is 2. The number of likely N-dealkylation sites (tertiary alicyclic amines) is 2. The Morgan fingerprint density at radius 3 is 2.05 bits per heavy atom. The first kappa shape index (κ1) is 13.9. The zero-order valence-electron chi connectivity index (χ0n) is 12.2. The fourth-order valence-corrected chi connectivity index (χ4v) is 3.24. The molecule has 2 aliphatic rings. The molecule has 2 saturated heterocycles. The van der Waals surface area contributed by atoms with E-state index in [-0.39, 0.29) is 18.0 Å². The third kappa shape index (κ3) is 2.48. The standard InChI is InChI=1S/C16H20N2O3/c1-21-13-7-3-2-6-12(13)16(17-10-4-8-14(17)19)18-11-5-9-15(18)20/h2-3,6-7,16H,4-5,8-11H2,1H3. The Morgan fingerprint density at radius 2 is 1.57 bits per heavy atom. The maximum atomic E-state index is 12.2. The third-order valence-corrected chi connectivity index (χ3v) is 4.23. The van der Waals surface area contributed by atoms with Gasteiger partial charge in [0.1, 0.15) is 11.9 Å². The maximum absolute atomic E-state index is 12.2. The lowest BCUT2D eigenvalue weighted by Gasteiger charge is -2.36. The van der Waals surface area contributed by atoms with E-state index in [9.17, 15) is 9.59 Å². The summed E-state index contributed by atoms with van der Waals surface area (Å²) in [6.45, 7) is 1.40. The molecule has 0 N–H and O–H groups in total. The molecule has 2 amide bonds. The molecule has 3 rings (SSSR count). The number of nitrogens with zero attached hydrogens (tertiary/aromatic N) is 2. The van der Waals surface area contributed by atoms with Crippen molar-refractivity contribution in [2.45, 2.75) is 31.8 Å². The zero-order chi connectivity index (χ0) is 14.8. The van der Waals surface area contributed by atoms with Gasteiger partial charge in [-0.15, -0.1) is 0 Å². The Bertz CT molecular complexity index is 532. The number of rotatable bonds is 4. The first-order chi connectivity index (χ1) is 10.2. The summed E-state index contributed by atoms with van der Waals surface area (Å²) in [4.78, 5) is 28.0. The van der Waals surface area contributed by atoms with Crippen LogP contribution in [0.5, 0.6) is 5.75 Å². The number of carbonyl (C=O) groups is 2. The summed E-state index contributed by atoms with van der Waals surface area (Å²) in [5, 5.41) is 0. The second-order valence-electron chi connectivity index (χ2n) is 5.50. The minimum absolute atomic E-state index is 0.116. The van der Waals surface area contributed by atoms with Gasteiger partial charge in [-0.2, -0.15) is 0 Å². The maximum Gasteiger partial charge on any atom is 0.224 e. The van der Waals surface area contributed by atoms with Crippen LogP contribution in [0.1, 0.15) is 37.4 Å². The van der Waals surface area contributed by atoms with Gasteiger partial charge in [0.25, 0.3) is 0 Å². The average molecular weight is 288 g/mol. The van der Waals surface area contributed by atoms with Crippen LogP contribution in [0.15, 0.2) is 24.3 Å². The molecule has 5 nitrogen and oxygen atoms in total. The lowest BCUT2D eigenvalue weighted by Crippen LogP contribution is -2.43. The fourth-order valence-electron chi connectivity index (χ4n) is 3.24. The molecule has 2 aliphatic heterocycles. The van der Waals surface area contributed by atoms with E-state index in [0.717, 1.165) is 24.2 Å². The number of amides is 2. The van der Waals surface area contributed by atoms with E-state index in [2.05, 4.69) is 0 Å². The van der Waals surface area contributed by atoms with Crippen molar-refractivity contribution >= 4 is 11.8 Å². The number of ether oxygens (including phenoxy) is 1. The number of hydrogen-bond acceptors (Lipinski definition) is 3. The van der Waals surface area contributed by atoms with Crippen LogP contribution in [0.25, 0.3) is 0 Å². The van der Waals surface area contributed by atoms with Crippen molar-refractivity contribution in [3.63, 3.8) is 0 Å². The van der Waals surface area contributed by atoms with Crippen LogP contribution in [-0.4, -0.2) is 41.8 Å². The van der Waals surface area contributed by atoms with Crippen molar-refractivity contribution in [3.8, 4) is 5.75 Å². The molecule has 0 spiro atoms. The predicted molar refractivity (Wildman–Crippen MR) is 77.6 cm³/mol. The van der Waals surface area contributed by atoms with Gasteiger partial charge in [0.15, 0.2) is 0 Å². The van der Waals surface area contributed by atoms with Crippen LogP contribution < -0.4 is 4.74 Å². The van der Waals surface area contributed by atoms with Crippen LogP contribution in [0, 0.1) is 0 Å². The molecule has 0 aliphatic carbocycles. The largest absolute Gasteiger partial charge is 0.496 e. The Labute approximate surface area is 124 Å². The Balaban J connectivity index is 2.02. The van der Waals surface area contributed by atoms with Gasteiger partial charge in [0.05, 0.1) is 7.11 Å². The highest BCUT2D eigenvalue weighted by Gasteiger charge is 2.38. The summed E-state index contributed by atoms with van der Waals surface area (Å²) in [6.07, 6.45) is 2.51. The highest BCUT2D eigenvalue weighted by Crippen LogP contribution is 2.36. The molecule has 112 valence electrons. The molecule has 1 aromatic carbocycles. The van der Waals surface area contributed by atoms with Gasteiger partial charge < -0.3 is 14.5 Å². The Kier molecular flexibility index (Phi) is 3.82. The Morgan fingerprint density at radius 1 is 1.00 bits per heavy atom. The number of methoxy groups -OCH3 is 1. The van der Waals surface area contributed by atoms with E-state index >= 15 is 0 Å². The predicted octanol–water partition coefficient (Wildman–Crippen LogP) is 1.94. The highest BCUT2D eigenvalue weighted by atomic mass is 16.5. The van der Waals surface area contributed by atoms with E-state index in [4.69, 9.17) is 4.74 Å². The number of benzene rings is 1. The van der Waals surface area contributed by atoms with Gasteiger partial charge in [-0.3, -0.25) is 9.59 Å². The van der Waals surface area contributed by atoms with Gasteiger partial charge in [0, 0.05) is 31.5 Å². The molecule has 5 heteroatoms. The molecule has 1 aromatic rings. The van der Waals surface area contributed by atoms with Crippen molar-refractivity contribution in [3.05, 3.63) is 29.8 Å². The van der Waals surface area contributed by atoms with Crippen molar-refractivity contribution < 1.29 is 14.3 Å². The van der Waals surface area contributed by atoms with Crippen LogP contribution in [-0.2, 0) is 9.59 Å². The van der Waals surface area contributed by atoms with E-state index in [1.54, 1.807) is 7.11 Å². The zero-order valence-corrected chi connectivity index (χ0v) is 12.2. The summed E-state index contributed by atoms with van der Waals surface area (Å²) in [5.74, 6) is 0.957. The monoisotopic (exact) mass is 288 g/mol. The number of para-hydroxylation sites is 1. The van der Waals surface area contributed by atoms with E-state index < -0.39 is 0 Å². The van der Waals surface area contributed by atoms with Crippen LogP contribution in [0.2, 0.25) is 0 Å². The highest BCUT2D eigenvalue weighted by molar-refractivity contribution is 5.82. The average Bonchev–Trinajstić information content (AvgIpc) is 3.10. The van der Waals surface area contributed by atoms with Gasteiger partial charge in [0.2, 0.25) is 11.8 Å². The SMILES string of the molecule is COc1ccccc1C(N1CCCC1=O)N1CCCC1=O. The van der Waals surface area contributed by atoms with Crippen LogP contribution in [0.3, 0.4) is 0 Å². The lowest BCUT2D eigenvalue weighted by atomic mass is 10.1. The molecular formula is C16H20N2O3. The molecule has 2 fully saturated rings. The molecule has 0 atom stereocenters. The second kappa shape index (κ2) is 5.76. The molecule has 0 radical (unpaired) electrons. The van der Waals surface area contributed by atoms with Gasteiger partial charge in [-0.1, -0.05) is 18.2 Å². The van der Waals surface area contributed by atoms with Crippen LogP contribution in [0.4, 0.5) is 0 Å². The fraction of sp³-hybridized carbons (Fsp3) is 0.500. The van der Waals surface area contributed by atoms with E-state index in [0.29, 0.717) is 25.9 Å². The van der Waals surface area contributed by atoms with Crippen molar-refractivity contribution in [1.82, 2.24) is 9.80 Å². The van der Waals surface area contributed by atoms with Crippen molar-refractivity contribution in [2.24, 2.45) is 0 Å². The summed E-state index contributed by atoms with van der Waals surface area (Å²) >= 11 is 0. The van der Waals surface area contributed by atoms with Gasteiger partial charge in [-0.25, -0.2) is 0 Å². The Hall–Kier alpha value is -2.04. The topological polar surface area (TPSA) is 49.9 Å². The van der Waals surface area contributed by atoms with Crippen LogP contribution >= 0.6 is 0 Å². The molecule has 2 heterocycles. The smallest absolute Gasteiger partial charge is 0.224 e. The van der Waals surface area contributed by atoms with E-state index in [1.165, 1.54) is 0 Å². The van der Waals surface area contributed by atoms with Gasteiger partial charge >= 0.3 is 0 Å². The summed E-state index contributed by atoms with van der Waals surface area (Å²) in [5.41, 5.74) is 0.894. The summed E-state index contributed by atoms with van der Waals surface area (Å²) < 4.78 is 5.44. The molecule has 0 aromatic heterocycles. The molecule has 0 unspecified atom stereocenters. The normalized spacial score (nSPS) is 19.0. The van der Waals surface area contributed by atoms with E-state index in [1.807, 2.05) is 34.1 Å². The first-order valence-electron chi connectivity index (χ1n) is 7.44. The summed E-state index contributed by atoms with van der Waals surface area (Å²) in [6, 6.07) is 7.65. The van der Waals surface area contributed by atoms with Crippen molar-refractivity contribution in [2.75, 3.05) is 20.2 Å².